The summed E-state index contributed by atoms with van der Waals surface area (Å²) < 4.78 is 0. The molecular weight excluding hydrogens is 260 g/mol. The highest BCUT2D eigenvalue weighted by Gasteiger charge is 2.28. The first-order valence-corrected chi connectivity index (χ1v) is 8.06. The fourth-order valence-electron chi connectivity index (χ4n) is 3.16. The fourth-order valence-corrected chi connectivity index (χ4v) is 3.16. The maximum absolute atomic E-state index is 13.0. The van der Waals surface area contributed by atoms with Crippen molar-refractivity contribution in [3.05, 3.63) is 35.4 Å². The highest BCUT2D eigenvalue weighted by Crippen LogP contribution is 2.27. The minimum atomic E-state index is -0.0141. The van der Waals surface area contributed by atoms with Crippen molar-refractivity contribution in [3.8, 4) is 0 Å². The molecule has 0 unspecified atom stereocenters. The average Bonchev–Trinajstić information content (AvgIpc) is 2.48. The molecule has 3 nitrogen and oxygen atoms in total. The summed E-state index contributed by atoms with van der Waals surface area (Å²) in [4.78, 5) is 15.1. The van der Waals surface area contributed by atoms with E-state index in [0.29, 0.717) is 6.04 Å². The van der Waals surface area contributed by atoms with Crippen LogP contribution in [0.3, 0.4) is 0 Å². The predicted molar refractivity (Wildman–Crippen MR) is 87.7 cm³/mol. The summed E-state index contributed by atoms with van der Waals surface area (Å²) in [6.07, 6.45) is 2.11. The quantitative estimate of drug-likeness (QED) is 0.926. The predicted octanol–water partition coefficient (Wildman–Crippen LogP) is 3.20. The van der Waals surface area contributed by atoms with Crippen LogP contribution in [0, 0.1) is 0 Å². The van der Waals surface area contributed by atoms with Gasteiger partial charge in [-0.1, -0.05) is 39.0 Å². The van der Waals surface area contributed by atoms with E-state index in [1.807, 2.05) is 18.2 Å². The maximum Gasteiger partial charge on any atom is 0.254 e. The monoisotopic (exact) mass is 288 g/mol. The number of hydrogen-bond donors (Lipinski definition) is 1. The van der Waals surface area contributed by atoms with Gasteiger partial charge in [0.05, 0.1) is 0 Å². The summed E-state index contributed by atoms with van der Waals surface area (Å²) >= 11 is 0. The van der Waals surface area contributed by atoms with Crippen LogP contribution in [-0.2, 0) is 5.41 Å². The number of benzene rings is 1. The lowest BCUT2D eigenvalue weighted by atomic mass is 9.83. The minimum absolute atomic E-state index is 0.0141. The van der Waals surface area contributed by atoms with Crippen molar-refractivity contribution in [2.24, 2.45) is 0 Å². The molecule has 1 N–H and O–H groups in total. The van der Waals surface area contributed by atoms with Gasteiger partial charge >= 0.3 is 0 Å². The van der Waals surface area contributed by atoms with Crippen molar-refractivity contribution in [1.29, 1.82) is 0 Å². The van der Waals surface area contributed by atoms with E-state index in [2.05, 4.69) is 44.0 Å². The van der Waals surface area contributed by atoms with Crippen molar-refractivity contribution in [2.75, 3.05) is 19.6 Å². The Hall–Kier alpha value is -1.35. The zero-order valence-corrected chi connectivity index (χ0v) is 13.8. The van der Waals surface area contributed by atoms with Crippen LogP contribution in [0.1, 0.15) is 56.5 Å². The molecule has 1 aromatic rings. The Morgan fingerprint density at radius 1 is 1.24 bits per heavy atom. The molecule has 1 amide bonds. The van der Waals surface area contributed by atoms with Gasteiger partial charge in [-0.2, -0.15) is 0 Å². The molecule has 2 rings (SSSR count). The molecule has 0 atom stereocenters. The second-order valence-electron chi connectivity index (χ2n) is 6.87. The van der Waals surface area contributed by atoms with Gasteiger partial charge in [-0.05, 0) is 49.9 Å². The van der Waals surface area contributed by atoms with E-state index in [-0.39, 0.29) is 11.3 Å². The van der Waals surface area contributed by atoms with Gasteiger partial charge in [0.2, 0.25) is 0 Å². The molecule has 1 fully saturated rings. The Kier molecular flexibility index (Phi) is 5.04. The molecule has 0 spiro atoms. The van der Waals surface area contributed by atoms with Crippen LogP contribution in [-0.4, -0.2) is 36.5 Å². The first-order valence-electron chi connectivity index (χ1n) is 8.06. The molecule has 21 heavy (non-hydrogen) atoms. The molecule has 1 aromatic carbocycles. The van der Waals surface area contributed by atoms with Crippen molar-refractivity contribution < 1.29 is 4.79 Å². The summed E-state index contributed by atoms with van der Waals surface area (Å²) in [5.41, 5.74) is 1.99. The van der Waals surface area contributed by atoms with Crippen LogP contribution in [0.2, 0.25) is 0 Å². The number of carbonyl (C=O) groups excluding carboxylic acids is 1. The minimum Gasteiger partial charge on any atom is -0.336 e. The maximum atomic E-state index is 13.0. The van der Waals surface area contributed by atoms with Crippen LogP contribution in [0.15, 0.2) is 24.3 Å². The van der Waals surface area contributed by atoms with E-state index in [1.54, 1.807) is 0 Å². The van der Waals surface area contributed by atoms with Gasteiger partial charge in [-0.15, -0.1) is 0 Å². The van der Waals surface area contributed by atoms with Crippen LogP contribution in [0.25, 0.3) is 0 Å². The summed E-state index contributed by atoms with van der Waals surface area (Å²) in [7, 11) is 0. The Labute approximate surface area is 128 Å². The molecule has 0 radical (unpaired) electrons. The highest BCUT2D eigenvalue weighted by atomic mass is 16.2. The number of piperidine rings is 1. The molecule has 0 bridgehead atoms. The second kappa shape index (κ2) is 6.61. The van der Waals surface area contributed by atoms with Crippen molar-refractivity contribution in [1.82, 2.24) is 10.2 Å². The summed E-state index contributed by atoms with van der Waals surface area (Å²) in [5.74, 6) is 0.190. The zero-order chi connectivity index (χ0) is 15.5. The van der Waals surface area contributed by atoms with Gasteiger partial charge < -0.3 is 10.2 Å². The normalized spacial score (nSPS) is 16.8. The van der Waals surface area contributed by atoms with Crippen molar-refractivity contribution in [3.63, 3.8) is 0 Å². The number of nitrogens with zero attached hydrogens (tertiary/aromatic N) is 1. The lowest BCUT2D eigenvalue weighted by Crippen LogP contribution is -2.46. The van der Waals surface area contributed by atoms with Gasteiger partial charge in [0.1, 0.15) is 0 Å². The largest absolute Gasteiger partial charge is 0.336 e. The summed E-state index contributed by atoms with van der Waals surface area (Å²) in [6, 6.07) is 8.43. The van der Waals surface area contributed by atoms with Crippen molar-refractivity contribution in [2.45, 2.75) is 52.0 Å². The molecule has 0 aliphatic carbocycles. The number of carbonyl (C=O) groups is 1. The van der Waals surface area contributed by atoms with E-state index in [0.717, 1.165) is 43.6 Å². The Bertz CT molecular complexity index is 484. The summed E-state index contributed by atoms with van der Waals surface area (Å²) in [6.45, 7) is 11.4. The summed E-state index contributed by atoms with van der Waals surface area (Å²) in [5, 5.41) is 3.37. The smallest absolute Gasteiger partial charge is 0.254 e. The van der Waals surface area contributed by atoms with Crippen LogP contribution in [0.5, 0.6) is 0 Å². The SMILES string of the molecule is CCN(C(=O)c1ccccc1C(C)(C)C)C1CCNCC1. The highest BCUT2D eigenvalue weighted by molar-refractivity contribution is 5.96. The molecule has 1 aliphatic heterocycles. The zero-order valence-electron chi connectivity index (χ0n) is 13.8. The number of hydrogen-bond acceptors (Lipinski definition) is 2. The van der Waals surface area contributed by atoms with E-state index < -0.39 is 0 Å². The molecule has 1 saturated heterocycles. The molecule has 0 aromatic heterocycles. The fraction of sp³-hybridized carbons (Fsp3) is 0.611. The van der Waals surface area contributed by atoms with Crippen LogP contribution in [0.4, 0.5) is 0 Å². The van der Waals surface area contributed by atoms with Crippen LogP contribution < -0.4 is 5.32 Å². The Morgan fingerprint density at radius 2 is 1.86 bits per heavy atom. The molecule has 1 heterocycles. The van der Waals surface area contributed by atoms with E-state index in [9.17, 15) is 4.79 Å². The van der Waals surface area contributed by atoms with Gasteiger partial charge in [0, 0.05) is 18.2 Å². The second-order valence-corrected chi connectivity index (χ2v) is 6.87. The number of amides is 1. The van der Waals surface area contributed by atoms with E-state index >= 15 is 0 Å². The number of nitrogens with one attached hydrogen (secondary N) is 1. The van der Waals surface area contributed by atoms with Crippen molar-refractivity contribution >= 4 is 5.91 Å². The molecular formula is C18H28N2O. The first-order chi connectivity index (χ1) is 9.95. The third kappa shape index (κ3) is 3.65. The first kappa shape index (κ1) is 16.0. The Balaban J connectivity index is 2.29. The third-order valence-corrected chi connectivity index (χ3v) is 4.32. The lowest BCUT2D eigenvalue weighted by Gasteiger charge is -2.35. The molecule has 1 aliphatic rings. The lowest BCUT2D eigenvalue weighted by molar-refractivity contribution is 0.0653. The Morgan fingerprint density at radius 3 is 2.43 bits per heavy atom. The van der Waals surface area contributed by atoms with Crippen LogP contribution >= 0.6 is 0 Å². The molecule has 3 heteroatoms. The average molecular weight is 288 g/mol. The van der Waals surface area contributed by atoms with E-state index in [1.165, 1.54) is 0 Å². The molecule has 0 saturated carbocycles. The van der Waals surface area contributed by atoms with E-state index in [4.69, 9.17) is 0 Å². The van der Waals surface area contributed by atoms with Gasteiger partial charge in [0.25, 0.3) is 5.91 Å². The standard InChI is InChI=1S/C18H28N2O/c1-5-20(14-10-12-19-13-11-14)17(21)15-8-6-7-9-16(15)18(2,3)4/h6-9,14,19H,5,10-13H2,1-4H3. The number of rotatable bonds is 3. The van der Waals surface area contributed by atoms with Gasteiger partial charge in [0.15, 0.2) is 0 Å². The third-order valence-electron chi connectivity index (χ3n) is 4.32. The topological polar surface area (TPSA) is 32.3 Å². The van der Waals surface area contributed by atoms with Gasteiger partial charge in [-0.25, -0.2) is 0 Å². The van der Waals surface area contributed by atoms with Gasteiger partial charge in [-0.3, -0.25) is 4.79 Å². The molecule has 116 valence electrons.